The molecular formula is C19H24N2O2. The van der Waals surface area contributed by atoms with Crippen molar-refractivity contribution in [3.8, 4) is 0 Å². The minimum atomic E-state index is 0.0192. The highest BCUT2D eigenvalue weighted by Crippen LogP contribution is 2.32. The van der Waals surface area contributed by atoms with Gasteiger partial charge in [-0.25, -0.2) is 0 Å². The zero-order valence-electron chi connectivity index (χ0n) is 13.6. The summed E-state index contributed by atoms with van der Waals surface area (Å²) in [4.78, 5) is 25.8. The van der Waals surface area contributed by atoms with E-state index in [-0.39, 0.29) is 17.7 Å². The molecular weight excluding hydrogens is 288 g/mol. The largest absolute Gasteiger partial charge is 0.355 e. The fourth-order valence-corrected chi connectivity index (χ4v) is 2.99. The number of benzene rings is 1. The summed E-state index contributed by atoms with van der Waals surface area (Å²) in [6.45, 7) is 3.47. The Balaban J connectivity index is 1.38. The number of hydrogen-bond acceptors (Lipinski definition) is 2. The number of carbonyl (C=O) groups is 2. The summed E-state index contributed by atoms with van der Waals surface area (Å²) in [6, 6.07) is 8.69. The SMILES string of the molecule is Cc1ccc(/C=C/CC(=O)NCC2CC(=O)N(C3CC3)C2)cc1. The van der Waals surface area contributed by atoms with Crippen molar-refractivity contribution in [3.05, 3.63) is 41.5 Å². The molecule has 23 heavy (non-hydrogen) atoms. The highest BCUT2D eigenvalue weighted by molar-refractivity contribution is 5.80. The van der Waals surface area contributed by atoms with Gasteiger partial charge in [0.05, 0.1) is 0 Å². The van der Waals surface area contributed by atoms with Gasteiger partial charge in [-0.15, -0.1) is 0 Å². The Hall–Kier alpha value is -2.10. The van der Waals surface area contributed by atoms with Crippen molar-refractivity contribution in [2.45, 2.75) is 38.6 Å². The molecule has 1 aliphatic heterocycles. The van der Waals surface area contributed by atoms with Gasteiger partial charge in [0.15, 0.2) is 0 Å². The molecule has 0 bridgehead atoms. The number of nitrogens with zero attached hydrogens (tertiary/aromatic N) is 1. The van der Waals surface area contributed by atoms with Crippen molar-refractivity contribution in [3.63, 3.8) is 0 Å². The Kier molecular flexibility index (Phi) is 4.79. The lowest BCUT2D eigenvalue weighted by molar-refractivity contribution is -0.128. The summed E-state index contributed by atoms with van der Waals surface area (Å²) in [5.74, 6) is 0.546. The molecule has 0 aromatic heterocycles. The Bertz CT molecular complexity index is 602. The first-order valence-electron chi connectivity index (χ1n) is 8.41. The summed E-state index contributed by atoms with van der Waals surface area (Å²) in [5.41, 5.74) is 2.33. The van der Waals surface area contributed by atoms with E-state index in [0.717, 1.165) is 24.9 Å². The highest BCUT2D eigenvalue weighted by atomic mass is 16.2. The summed E-state index contributed by atoms with van der Waals surface area (Å²) in [5, 5.41) is 2.95. The number of carbonyl (C=O) groups excluding carboxylic acids is 2. The van der Waals surface area contributed by atoms with Crippen LogP contribution in [0.2, 0.25) is 0 Å². The molecule has 4 heteroatoms. The maximum absolute atomic E-state index is 11.9. The predicted molar refractivity (Wildman–Crippen MR) is 90.7 cm³/mol. The average molecular weight is 312 g/mol. The molecule has 4 nitrogen and oxygen atoms in total. The lowest BCUT2D eigenvalue weighted by atomic mass is 10.1. The van der Waals surface area contributed by atoms with Crippen LogP contribution in [-0.2, 0) is 9.59 Å². The summed E-state index contributed by atoms with van der Waals surface area (Å²) in [7, 11) is 0. The van der Waals surface area contributed by atoms with E-state index in [2.05, 4.69) is 24.4 Å². The first kappa shape index (κ1) is 15.8. The van der Waals surface area contributed by atoms with Crippen LogP contribution in [0.15, 0.2) is 30.3 Å². The molecule has 3 rings (SSSR count). The molecule has 1 aromatic rings. The summed E-state index contributed by atoms with van der Waals surface area (Å²) >= 11 is 0. The van der Waals surface area contributed by atoms with E-state index in [9.17, 15) is 9.59 Å². The smallest absolute Gasteiger partial charge is 0.223 e. The molecule has 0 spiro atoms. The molecule has 2 aliphatic rings. The maximum atomic E-state index is 11.9. The van der Waals surface area contributed by atoms with Crippen LogP contribution in [0.4, 0.5) is 0 Å². The van der Waals surface area contributed by atoms with Crippen molar-refractivity contribution >= 4 is 17.9 Å². The van der Waals surface area contributed by atoms with Gasteiger partial charge in [0.25, 0.3) is 0 Å². The van der Waals surface area contributed by atoms with Crippen molar-refractivity contribution in [2.75, 3.05) is 13.1 Å². The Morgan fingerprint density at radius 1 is 1.30 bits per heavy atom. The van der Waals surface area contributed by atoms with Crippen molar-refractivity contribution in [1.82, 2.24) is 10.2 Å². The molecule has 0 radical (unpaired) electrons. The van der Waals surface area contributed by atoms with Crippen LogP contribution < -0.4 is 5.32 Å². The third-order valence-corrected chi connectivity index (χ3v) is 4.50. The van der Waals surface area contributed by atoms with Gasteiger partial charge in [-0.1, -0.05) is 42.0 Å². The molecule has 2 amide bonds. The van der Waals surface area contributed by atoms with Crippen LogP contribution in [0, 0.1) is 12.8 Å². The first-order valence-corrected chi connectivity index (χ1v) is 8.41. The quantitative estimate of drug-likeness (QED) is 0.877. The molecule has 1 saturated carbocycles. The molecule has 1 aromatic carbocycles. The van der Waals surface area contributed by atoms with Gasteiger partial charge in [-0.3, -0.25) is 9.59 Å². The van der Waals surface area contributed by atoms with Crippen molar-refractivity contribution in [2.24, 2.45) is 5.92 Å². The van der Waals surface area contributed by atoms with Gasteiger partial charge in [0, 0.05) is 37.9 Å². The Labute approximate surface area is 137 Å². The molecule has 122 valence electrons. The normalized spacial score (nSPS) is 21.2. The second-order valence-corrected chi connectivity index (χ2v) is 6.67. The van der Waals surface area contributed by atoms with Crippen LogP contribution in [0.25, 0.3) is 6.08 Å². The minimum absolute atomic E-state index is 0.0192. The lowest BCUT2D eigenvalue weighted by Crippen LogP contribution is -2.31. The van der Waals surface area contributed by atoms with E-state index >= 15 is 0 Å². The monoisotopic (exact) mass is 312 g/mol. The standard InChI is InChI=1S/C19H24N2O2/c1-14-5-7-15(8-6-14)3-2-4-18(22)20-12-16-11-19(23)21(13-16)17-9-10-17/h2-3,5-8,16-17H,4,9-13H2,1H3,(H,20,22)/b3-2+. The summed E-state index contributed by atoms with van der Waals surface area (Å²) < 4.78 is 0. The van der Waals surface area contributed by atoms with Gasteiger partial charge in [-0.05, 0) is 25.3 Å². The van der Waals surface area contributed by atoms with Gasteiger partial charge < -0.3 is 10.2 Å². The van der Waals surface area contributed by atoms with Gasteiger partial charge >= 0.3 is 0 Å². The first-order chi connectivity index (χ1) is 11.1. The van der Waals surface area contributed by atoms with Crippen LogP contribution in [-0.4, -0.2) is 35.8 Å². The van der Waals surface area contributed by atoms with E-state index < -0.39 is 0 Å². The molecule has 1 saturated heterocycles. The van der Waals surface area contributed by atoms with E-state index in [1.807, 2.05) is 29.2 Å². The van der Waals surface area contributed by atoms with E-state index in [1.54, 1.807) is 0 Å². The topological polar surface area (TPSA) is 49.4 Å². The Morgan fingerprint density at radius 3 is 2.74 bits per heavy atom. The summed E-state index contributed by atoms with van der Waals surface area (Å²) in [6.07, 6.45) is 7.10. The molecule has 1 aliphatic carbocycles. The predicted octanol–water partition coefficient (Wildman–Crippen LogP) is 2.53. The zero-order valence-corrected chi connectivity index (χ0v) is 13.6. The lowest BCUT2D eigenvalue weighted by Gasteiger charge is -2.15. The second-order valence-electron chi connectivity index (χ2n) is 6.67. The van der Waals surface area contributed by atoms with Crippen LogP contribution in [0.5, 0.6) is 0 Å². The van der Waals surface area contributed by atoms with Crippen molar-refractivity contribution in [1.29, 1.82) is 0 Å². The number of hydrogen-bond donors (Lipinski definition) is 1. The molecule has 2 fully saturated rings. The third kappa shape index (κ3) is 4.44. The number of nitrogens with one attached hydrogen (secondary N) is 1. The van der Waals surface area contributed by atoms with E-state index in [0.29, 0.717) is 25.4 Å². The van der Waals surface area contributed by atoms with Crippen molar-refractivity contribution < 1.29 is 9.59 Å². The van der Waals surface area contributed by atoms with Gasteiger partial charge in [0.2, 0.25) is 11.8 Å². The number of aryl methyl sites for hydroxylation is 1. The Morgan fingerprint density at radius 2 is 2.04 bits per heavy atom. The maximum Gasteiger partial charge on any atom is 0.223 e. The van der Waals surface area contributed by atoms with E-state index in [1.165, 1.54) is 5.56 Å². The van der Waals surface area contributed by atoms with Crippen LogP contribution >= 0.6 is 0 Å². The zero-order chi connectivity index (χ0) is 16.2. The molecule has 1 heterocycles. The van der Waals surface area contributed by atoms with Gasteiger partial charge in [0.1, 0.15) is 0 Å². The minimum Gasteiger partial charge on any atom is -0.355 e. The average Bonchev–Trinajstić information content (AvgIpc) is 3.30. The molecule has 1 atom stereocenters. The highest BCUT2D eigenvalue weighted by Gasteiger charge is 2.39. The van der Waals surface area contributed by atoms with Crippen LogP contribution in [0.3, 0.4) is 0 Å². The molecule has 1 unspecified atom stereocenters. The second kappa shape index (κ2) is 6.99. The van der Waals surface area contributed by atoms with Crippen LogP contribution in [0.1, 0.15) is 36.8 Å². The fraction of sp³-hybridized carbons (Fsp3) is 0.474. The molecule has 1 N–H and O–H groups in total. The van der Waals surface area contributed by atoms with Gasteiger partial charge in [-0.2, -0.15) is 0 Å². The van der Waals surface area contributed by atoms with E-state index in [4.69, 9.17) is 0 Å². The third-order valence-electron chi connectivity index (χ3n) is 4.50. The number of likely N-dealkylation sites (tertiary alicyclic amines) is 1. The number of amides is 2. The number of rotatable bonds is 6. The fourth-order valence-electron chi connectivity index (χ4n) is 2.99.